The molecule has 1 amide bonds. The number of aromatic nitrogens is 2. The van der Waals surface area contributed by atoms with Crippen molar-refractivity contribution in [1.29, 1.82) is 0 Å². The number of amides is 1. The normalized spacial score (nSPS) is 10.7. The number of pyridine rings is 1. The van der Waals surface area contributed by atoms with Crippen LogP contribution in [0.3, 0.4) is 0 Å². The van der Waals surface area contributed by atoms with E-state index in [1.165, 1.54) is 0 Å². The molecule has 2 aromatic heterocycles. The monoisotopic (exact) mass is 345 g/mol. The third-order valence-electron chi connectivity index (χ3n) is 3.79. The molecule has 1 N–H and O–H groups in total. The molecule has 0 aliphatic heterocycles. The van der Waals surface area contributed by atoms with E-state index in [9.17, 15) is 4.79 Å². The maximum absolute atomic E-state index is 12.2. The molecule has 0 radical (unpaired) electrons. The molecule has 0 saturated heterocycles. The van der Waals surface area contributed by atoms with Crippen molar-refractivity contribution in [2.45, 2.75) is 6.92 Å². The van der Waals surface area contributed by atoms with Gasteiger partial charge in [0, 0.05) is 6.20 Å². The number of hydrogen-bond donors (Lipinski definition) is 1. The molecule has 0 aliphatic rings. The second kappa shape index (κ2) is 6.68. The summed E-state index contributed by atoms with van der Waals surface area (Å²) in [6, 6.07) is 18.0. The minimum atomic E-state index is -0.587. The number of benzene rings is 2. The Labute approximate surface area is 149 Å². The Morgan fingerprint density at radius 2 is 1.85 bits per heavy atom. The number of fused-ring (bicyclic) bond motifs is 1. The Morgan fingerprint density at radius 1 is 1.04 bits per heavy atom. The fourth-order valence-corrected chi connectivity index (χ4v) is 2.51. The molecule has 26 heavy (non-hydrogen) atoms. The Bertz CT molecular complexity index is 1040. The van der Waals surface area contributed by atoms with Gasteiger partial charge >= 0.3 is 6.09 Å². The standard InChI is InChI=1S/C20H15N3O3/c1-13-8-10-14(11-9-13)25-20(24)22-16-6-3-2-5-15(16)19-23-18-17(26-19)7-4-12-21-18/h2-12H,1H3,(H,22,24). The molecule has 0 fully saturated rings. The van der Waals surface area contributed by atoms with Crippen LogP contribution in [0.5, 0.6) is 5.75 Å². The van der Waals surface area contributed by atoms with Gasteiger partial charge < -0.3 is 9.15 Å². The lowest BCUT2D eigenvalue weighted by Gasteiger charge is -2.09. The van der Waals surface area contributed by atoms with Crippen LogP contribution in [-0.2, 0) is 0 Å². The highest BCUT2D eigenvalue weighted by Gasteiger charge is 2.15. The number of aryl methyl sites for hydroxylation is 1. The smallest absolute Gasteiger partial charge is 0.417 e. The van der Waals surface area contributed by atoms with Crippen LogP contribution in [0.4, 0.5) is 10.5 Å². The fourth-order valence-electron chi connectivity index (χ4n) is 2.51. The number of nitrogens with zero attached hydrogens (tertiary/aromatic N) is 2. The number of nitrogens with one attached hydrogen (secondary N) is 1. The first kappa shape index (κ1) is 15.8. The highest BCUT2D eigenvalue weighted by molar-refractivity contribution is 5.91. The summed E-state index contributed by atoms with van der Waals surface area (Å²) in [6.45, 7) is 1.97. The van der Waals surface area contributed by atoms with Gasteiger partial charge in [-0.2, -0.15) is 4.98 Å². The molecule has 0 saturated carbocycles. The minimum Gasteiger partial charge on any atom is -0.434 e. The summed E-state index contributed by atoms with van der Waals surface area (Å²) in [4.78, 5) is 20.8. The number of rotatable bonds is 3. The van der Waals surface area contributed by atoms with E-state index < -0.39 is 6.09 Å². The van der Waals surface area contributed by atoms with Crippen molar-refractivity contribution in [3.05, 3.63) is 72.4 Å². The number of anilines is 1. The zero-order valence-corrected chi connectivity index (χ0v) is 14.0. The Kier molecular flexibility index (Phi) is 4.07. The molecule has 0 unspecified atom stereocenters. The highest BCUT2D eigenvalue weighted by atomic mass is 16.6. The summed E-state index contributed by atoms with van der Waals surface area (Å²) in [7, 11) is 0. The molecule has 0 aliphatic carbocycles. The number of carbonyl (C=O) groups is 1. The lowest BCUT2D eigenvalue weighted by atomic mass is 10.2. The quantitative estimate of drug-likeness (QED) is 0.576. The first-order valence-electron chi connectivity index (χ1n) is 8.05. The van der Waals surface area contributed by atoms with Gasteiger partial charge in [0.2, 0.25) is 5.89 Å². The van der Waals surface area contributed by atoms with Crippen LogP contribution < -0.4 is 10.1 Å². The molecular weight excluding hydrogens is 330 g/mol. The van der Waals surface area contributed by atoms with E-state index in [2.05, 4.69) is 15.3 Å². The molecule has 4 aromatic rings. The second-order valence-corrected chi connectivity index (χ2v) is 5.72. The molecular formula is C20H15N3O3. The summed E-state index contributed by atoms with van der Waals surface area (Å²) in [6.07, 6.45) is 1.06. The van der Waals surface area contributed by atoms with Crippen LogP contribution in [0.25, 0.3) is 22.7 Å². The number of carbonyl (C=O) groups excluding carboxylic acids is 1. The lowest BCUT2D eigenvalue weighted by molar-refractivity contribution is 0.215. The SMILES string of the molecule is Cc1ccc(OC(=O)Nc2ccccc2-c2nc3ncccc3o2)cc1. The van der Waals surface area contributed by atoms with Crippen LogP contribution in [-0.4, -0.2) is 16.1 Å². The summed E-state index contributed by atoms with van der Waals surface area (Å²) >= 11 is 0. The summed E-state index contributed by atoms with van der Waals surface area (Å²) in [5.41, 5.74) is 3.37. The van der Waals surface area contributed by atoms with Gasteiger partial charge in [0.1, 0.15) is 5.75 Å². The molecule has 128 valence electrons. The first-order chi connectivity index (χ1) is 12.7. The van der Waals surface area contributed by atoms with Gasteiger partial charge in [-0.1, -0.05) is 29.8 Å². The first-order valence-corrected chi connectivity index (χ1v) is 8.05. The molecule has 6 heteroatoms. The van der Waals surface area contributed by atoms with Gasteiger partial charge in [0.05, 0.1) is 11.3 Å². The zero-order valence-electron chi connectivity index (χ0n) is 14.0. The highest BCUT2D eigenvalue weighted by Crippen LogP contribution is 2.29. The van der Waals surface area contributed by atoms with Crippen molar-refractivity contribution in [3.63, 3.8) is 0 Å². The Morgan fingerprint density at radius 3 is 2.65 bits per heavy atom. The van der Waals surface area contributed by atoms with Gasteiger partial charge in [-0.15, -0.1) is 0 Å². The zero-order chi connectivity index (χ0) is 17.9. The van der Waals surface area contributed by atoms with Crippen molar-refractivity contribution in [1.82, 2.24) is 9.97 Å². The molecule has 4 rings (SSSR count). The minimum absolute atomic E-state index is 0.380. The predicted octanol–water partition coefficient (Wildman–Crippen LogP) is 4.81. The topological polar surface area (TPSA) is 77.2 Å². The van der Waals surface area contributed by atoms with E-state index in [4.69, 9.17) is 9.15 Å². The molecule has 2 aromatic carbocycles. The summed E-state index contributed by atoms with van der Waals surface area (Å²) < 4.78 is 11.1. The molecule has 2 heterocycles. The fraction of sp³-hybridized carbons (Fsp3) is 0.0500. The average molecular weight is 345 g/mol. The van der Waals surface area contributed by atoms with Crippen molar-refractivity contribution >= 4 is 23.0 Å². The van der Waals surface area contributed by atoms with Crippen LogP contribution in [0.2, 0.25) is 0 Å². The molecule has 0 bridgehead atoms. The average Bonchev–Trinajstić information content (AvgIpc) is 3.08. The van der Waals surface area contributed by atoms with Crippen molar-refractivity contribution < 1.29 is 13.9 Å². The van der Waals surface area contributed by atoms with Crippen LogP contribution in [0.1, 0.15) is 5.56 Å². The predicted molar refractivity (Wildman–Crippen MR) is 98.1 cm³/mol. The van der Waals surface area contributed by atoms with Crippen molar-refractivity contribution in [3.8, 4) is 17.2 Å². The third-order valence-corrected chi connectivity index (χ3v) is 3.79. The van der Waals surface area contributed by atoms with Crippen molar-refractivity contribution in [2.24, 2.45) is 0 Å². The van der Waals surface area contributed by atoms with Crippen molar-refractivity contribution in [2.75, 3.05) is 5.32 Å². The van der Waals surface area contributed by atoms with Gasteiger partial charge in [0.15, 0.2) is 11.2 Å². The van der Waals surface area contributed by atoms with E-state index >= 15 is 0 Å². The number of hydrogen-bond acceptors (Lipinski definition) is 5. The molecule has 0 atom stereocenters. The maximum Gasteiger partial charge on any atom is 0.417 e. The largest absolute Gasteiger partial charge is 0.434 e. The summed E-state index contributed by atoms with van der Waals surface area (Å²) in [5.74, 6) is 0.849. The second-order valence-electron chi connectivity index (χ2n) is 5.72. The van der Waals surface area contributed by atoms with E-state index in [-0.39, 0.29) is 0 Å². The summed E-state index contributed by atoms with van der Waals surface area (Å²) in [5, 5.41) is 2.73. The van der Waals surface area contributed by atoms with Gasteiger partial charge in [-0.3, -0.25) is 5.32 Å². The van der Waals surface area contributed by atoms with Crippen LogP contribution in [0.15, 0.2) is 71.3 Å². The number of para-hydroxylation sites is 1. The number of ether oxygens (including phenoxy) is 1. The van der Waals surface area contributed by atoms with Gasteiger partial charge in [-0.05, 0) is 43.3 Å². The van der Waals surface area contributed by atoms with Crippen LogP contribution in [0, 0.1) is 6.92 Å². The van der Waals surface area contributed by atoms with E-state index in [0.29, 0.717) is 34.1 Å². The maximum atomic E-state index is 12.2. The third kappa shape index (κ3) is 3.25. The number of oxazole rings is 1. The molecule has 0 spiro atoms. The Hall–Kier alpha value is -3.67. The molecule has 6 nitrogen and oxygen atoms in total. The van der Waals surface area contributed by atoms with Crippen LogP contribution >= 0.6 is 0 Å². The van der Waals surface area contributed by atoms with Gasteiger partial charge in [-0.25, -0.2) is 9.78 Å². The Balaban J connectivity index is 1.59. The van der Waals surface area contributed by atoms with E-state index in [0.717, 1.165) is 5.56 Å². The van der Waals surface area contributed by atoms with E-state index in [1.54, 1.807) is 36.5 Å². The lowest BCUT2D eigenvalue weighted by Crippen LogP contribution is -2.17. The van der Waals surface area contributed by atoms with E-state index in [1.807, 2.05) is 37.3 Å². The van der Waals surface area contributed by atoms with Gasteiger partial charge in [0.25, 0.3) is 0 Å².